The summed E-state index contributed by atoms with van der Waals surface area (Å²) in [6.45, 7) is 0. The summed E-state index contributed by atoms with van der Waals surface area (Å²) < 4.78 is 1.77. The summed E-state index contributed by atoms with van der Waals surface area (Å²) in [5, 5.41) is 13.8. The Hall–Kier alpha value is -2.94. The number of imide groups is 1. The van der Waals surface area contributed by atoms with Crippen molar-refractivity contribution in [3.63, 3.8) is 0 Å². The fourth-order valence-electron chi connectivity index (χ4n) is 3.98. The molecule has 2 aliphatic carbocycles. The highest BCUT2D eigenvalue weighted by Crippen LogP contribution is 2.29. The predicted molar refractivity (Wildman–Crippen MR) is 109 cm³/mol. The molecule has 29 heavy (non-hydrogen) atoms. The Morgan fingerprint density at radius 1 is 1.10 bits per heavy atom. The van der Waals surface area contributed by atoms with Crippen LogP contribution < -0.4 is 21.7 Å². The lowest BCUT2D eigenvalue weighted by Gasteiger charge is -2.27. The standard InChI is InChI=1S/C20H25N7O2/c21-13-1-3-14(4-2-13)23-16-9-17(24-15-5-6-15)27-19(25-16)12(10-22-27)7-11-8-18(28)26-20(11)29/h7,9-10,13-15,24H,1-6,8,21H2,(H,23,25)(H,26,28,29). The molecule has 3 aliphatic rings. The van der Waals surface area contributed by atoms with Crippen LogP contribution in [-0.4, -0.2) is 44.5 Å². The zero-order chi connectivity index (χ0) is 20.0. The Balaban J connectivity index is 1.49. The van der Waals surface area contributed by atoms with Crippen LogP contribution in [0.1, 0.15) is 50.5 Å². The van der Waals surface area contributed by atoms with Crippen LogP contribution in [0.5, 0.6) is 0 Å². The van der Waals surface area contributed by atoms with Crippen molar-refractivity contribution in [3.8, 4) is 0 Å². The monoisotopic (exact) mass is 395 g/mol. The molecular formula is C20H25N7O2. The molecule has 2 amide bonds. The van der Waals surface area contributed by atoms with E-state index in [1.165, 1.54) is 0 Å². The molecule has 5 rings (SSSR count). The maximum absolute atomic E-state index is 11.9. The van der Waals surface area contributed by atoms with Crippen LogP contribution in [-0.2, 0) is 9.59 Å². The lowest BCUT2D eigenvalue weighted by Crippen LogP contribution is -2.33. The molecule has 3 heterocycles. The minimum atomic E-state index is -0.349. The third kappa shape index (κ3) is 3.82. The van der Waals surface area contributed by atoms with Crippen molar-refractivity contribution >= 4 is 35.2 Å². The average Bonchev–Trinajstić information content (AvgIpc) is 3.33. The molecule has 5 N–H and O–H groups in total. The minimum absolute atomic E-state index is 0.0869. The van der Waals surface area contributed by atoms with Gasteiger partial charge in [0, 0.05) is 35.3 Å². The summed E-state index contributed by atoms with van der Waals surface area (Å²) in [4.78, 5) is 28.2. The lowest BCUT2D eigenvalue weighted by molar-refractivity contribution is -0.124. The number of hydrogen-bond acceptors (Lipinski definition) is 7. The van der Waals surface area contributed by atoms with Gasteiger partial charge in [0.1, 0.15) is 11.6 Å². The molecule has 0 unspecified atom stereocenters. The number of aromatic nitrogens is 3. The Morgan fingerprint density at radius 2 is 1.83 bits per heavy atom. The molecule has 0 spiro atoms. The molecule has 9 nitrogen and oxygen atoms in total. The Kier molecular flexibility index (Phi) is 4.46. The highest BCUT2D eigenvalue weighted by Gasteiger charge is 2.26. The molecule has 1 aliphatic heterocycles. The van der Waals surface area contributed by atoms with E-state index in [0.717, 1.165) is 55.7 Å². The van der Waals surface area contributed by atoms with E-state index in [2.05, 4.69) is 21.0 Å². The highest BCUT2D eigenvalue weighted by atomic mass is 16.2. The zero-order valence-electron chi connectivity index (χ0n) is 16.1. The number of rotatable bonds is 5. The Bertz CT molecular complexity index is 1000. The second-order valence-electron chi connectivity index (χ2n) is 8.26. The van der Waals surface area contributed by atoms with Crippen LogP contribution in [0.2, 0.25) is 0 Å². The normalized spacial score (nSPS) is 26.2. The molecule has 0 atom stereocenters. The number of nitrogens with two attached hydrogens (primary N) is 1. The molecular weight excluding hydrogens is 370 g/mol. The van der Waals surface area contributed by atoms with Gasteiger partial charge in [-0.05, 0) is 44.6 Å². The molecule has 0 bridgehead atoms. The van der Waals surface area contributed by atoms with Crippen LogP contribution in [0.3, 0.4) is 0 Å². The van der Waals surface area contributed by atoms with Crippen molar-refractivity contribution in [2.24, 2.45) is 5.73 Å². The molecule has 0 aromatic carbocycles. The van der Waals surface area contributed by atoms with E-state index < -0.39 is 0 Å². The number of amides is 2. The predicted octanol–water partition coefficient (Wildman–Crippen LogP) is 1.42. The zero-order valence-corrected chi connectivity index (χ0v) is 16.1. The molecule has 1 saturated heterocycles. The molecule has 3 fully saturated rings. The van der Waals surface area contributed by atoms with Gasteiger partial charge < -0.3 is 16.4 Å². The van der Waals surface area contributed by atoms with E-state index in [9.17, 15) is 9.59 Å². The van der Waals surface area contributed by atoms with Crippen LogP contribution >= 0.6 is 0 Å². The van der Waals surface area contributed by atoms with Crippen LogP contribution in [0.4, 0.5) is 11.6 Å². The average molecular weight is 395 g/mol. The molecule has 2 saturated carbocycles. The summed E-state index contributed by atoms with van der Waals surface area (Å²) in [5.74, 6) is 1.04. The van der Waals surface area contributed by atoms with Gasteiger partial charge in [-0.1, -0.05) is 0 Å². The molecule has 0 radical (unpaired) electrons. The number of nitrogens with zero attached hydrogens (tertiary/aromatic N) is 3. The van der Waals surface area contributed by atoms with E-state index in [1.54, 1.807) is 16.8 Å². The van der Waals surface area contributed by atoms with E-state index in [4.69, 9.17) is 10.7 Å². The maximum atomic E-state index is 11.9. The molecule has 152 valence electrons. The van der Waals surface area contributed by atoms with Gasteiger partial charge in [-0.2, -0.15) is 9.61 Å². The van der Waals surface area contributed by atoms with E-state index >= 15 is 0 Å². The van der Waals surface area contributed by atoms with Gasteiger partial charge in [0.15, 0.2) is 5.65 Å². The van der Waals surface area contributed by atoms with Gasteiger partial charge in [-0.3, -0.25) is 14.9 Å². The second-order valence-corrected chi connectivity index (χ2v) is 8.26. The minimum Gasteiger partial charge on any atom is -0.367 e. The topological polar surface area (TPSA) is 126 Å². The first kappa shape index (κ1) is 18.1. The van der Waals surface area contributed by atoms with Crippen LogP contribution in [0, 0.1) is 0 Å². The first-order valence-corrected chi connectivity index (χ1v) is 10.3. The number of hydrogen-bond donors (Lipinski definition) is 4. The first-order valence-electron chi connectivity index (χ1n) is 10.3. The van der Waals surface area contributed by atoms with E-state index in [0.29, 0.717) is 29.3 Å². The Morgan fingerprint density at radius 3 is 2.52 bits per heavy atom. The van der Waals surface area contributed by atoms with Crippen molar-refractivity contribution in [3.05, 3.63) is 23.4 Å². The third-order valence-corrected chi connectivity index (χ3v) is 5.78. The van der Waals surface area contributed by atoms with Crippen LogP contribution in [0.15, 0.2) is 17.8 Å². The third-order valence-electron chi connectivity index (χ3n) is 5.78. The molecule has 9 heteroatoms. The van der Waals surface area contributed by atoms with Crippen molar-refractivity contribution in [2.75, 3.05) is 10.6 Å². The van der Waals surface area contributed by atoms with Gasteiger partial charge in [0.05, 0.1) is 12.6 Å². The van der Waals surface area contributed by atoms with Gasteiger partial charge in [-0.15, -0.1) is 0 Å². The summed E-state index contributed by atoms with van der Waals surface area (Å²) in [7, 11) is 0. The smallest absolute Gasteiger partial charge is 0.254 e. The largest absolute Gasteiger partial charge is 0.367 e. The fourth-order valence-corrected chi connectivity index (χ4v) is 3.98. The van der Waals surface area contributed by atoms with Crippen molar-refractivity contribution < 1.29 is 9.59 Å². The van der Waals surface area contributed by atoms with E-state index in [-0.39, 0.29) is 18.2 Å². The summed E-state index contributed by atoms with van der Waals surface area (Å²) in [5.41, 5.74) is 7.84. The summed E-state index contributed by atoms with van der Waals surface area (Å²) >= 11 is 0. The SMILES string of the molecule is NC1CCC(Nc2cc(NC3CC3)n3ncc(C=C4CC(=O)NC4=O)c3n2)CC1. The van der Waals surface area contributed by atoms with Gasteiger partial charge in [0.25, 0.3) is 5.91 Å². The number of fused-ring (bicyclic) bond motifs is 1. The fraction of sp³-hybridized carbons (Fsp3) is 0.500. The Labute approximate surface area is 168 Å². The first-order chi connectivity index (χ1) is 14.0. The molecule has 2 aromatic heterocycles. The highest BCUT2D eigenvalue weighted by molar-refractivity contribution is 6.15. The van der Waals surface area contributed by atoms with Crippen molar-refractivity contribution in [1.82, 2.24) is 19.9 Å². The second kappa shape index (κ2) is 7.14. The van der Waals surface area contributed by atoms with Crippen LogP contribution in [0.25, 0.3) is 11.7 Å². The number of anilines is 2. The quantitative estimate of drug-likeness (QED) is 0.445. The maximum Gasteiger partial charge on any atom is 0.254 e. The summed E-state index contributed by atoms with van der Waals surface area (Å²) in [6.07, 6.45) is 9.85. The van der Waals surface area contributed by atoms with Gasteiger partial charge in [-0.25, -0.2) is 4.98 Å². The summed E-state index contributed by atoms with van der Waals surface area (Å²) in [6, 6.07) is 3.10. The van der Waals surface area contributed by atoms with Crippen molar-refractivity contribution in [1.29, 1.82) is 0 Å². The van der Waals surface area contributed by atoms with E-state index in [1.807, 2.05) is 6.07 Å². The molecule has 2 aromatic rings. The van der Waals surface area contributed by atoms with Gasteiger partial charge >= 0.3 is 0 Å². The number of carbonyl (C=O) groups excluding carboxylic acids is 2. The number of carbonyl (C=O) groups is 2. The lowest BCUT2D eigenvalue weighted by atomic mass is 9.92. The number of nitrogens with one attached hydrogen (secondary N) is 3. The van der Waals surface area contributed by atoms with Gasteiger partial charge in [0.2, 0.25) is 5.91 Å². The van der Waals surface area contributed by atoms with Crippen molar-refractivity contribution in [2.45, 2.75) is 63.1 Å².